The third kappa shape index (κ3) is 10.7. The maximum absolute atomic E-state index is 13.0. The zero-order valence-corrected chi connectivity index (χ0v) is 27.8. The Hall–Kier alpha value is -3.52. The molecule has 3 atom stereocenters. The van der Waals surface area contributed by atoms with Crippen LogP contribution in [0.5, 0.6) is 17.2 Å². The van der Waals surface area contributed by atoms with Crippen molar-refractivity contribution in [2.75, 3.05) is 20.3 Å². The lowest BCUT2D eigenvalue weighted by Crippen LogP contribution is -2.58. The number of esters is 1. The minimum atomic E-state index is -4.90. The molecular weight excluding hydrogens is 621 g/mol. The second-order valence-corrected chi connectivity index (χ2v) is 13.3. The van der Waals surface area contributed by atoms with Gasteiger partial charge in [0.25, 0.3) is 0 Å². The zero-order valence-electron chi connectivity index (χ0n) is 27.8. The molecule has 13 heteroatoms. The van der Waals surface area contributed by atoms with Crippen molar-refractivity contribution in [2.45, 2.75) is 96.4 Å². The number of alkyl halides is 3. The summed E-state index contributed by atoms with van der Waals surface area (Å²) in [6, 6.07) is 10.7. The molecule has 262 valence electrons. The summed E-state index contributed by atoms with van der Waals surface area (Å²) < 4.78 is 65.4. The Balaban J connectivity index is 1.48. The highest BCUT2D eigenvalue weighted by atomic mass is 19.4. The van der Waals surface area contributed by atoms with Crippen LogP contribution in [0.15, 0.2) is 46.9 Å². The summed E-state index contributed by atoms with van der Waals surface area (Å²) >= 11 is 0. The van der Waals surface area contributed by atoms with E-state index in [1.807, 2.05) is 13.8 Å². The van der Waals surface area contributed by atoms with Crippen molar-refractivity contribution in [3.8, 4) is 28.6 Å². The first-order chi connectivity index (χ1) is 21.7. The molecule has 0 amide bonds. The summed E-state index contributed by atoms with van der Waals surface area (Å²) in [5, 5.41) is 21.5. The van der Waals surface area contributed by atoms with E-state index in [9.17, 15) is 28.2 Å². The van der Waals surface area contributed by atoms with Gasteiger partial charge in [0.15, 0.2) is 0 Å². The van der Waals surface area contributed by atoms with E-state index in [4.69, 9.17) is 30.1 Å². The van der Waals surface area contributed by atoms with Crippen molar-refractivity contribution in [3.63, 3.8) is 0 Å². The Morgan fingerprint density at radius 3 is 2.09 bits per heavy atom. The van der Waals surface area contributed by atoms with Crippen LogP contribution in [0.2, 0.25) is 0 Å². The third-order valence-electron chi connectivity index (χ3n) is 8.09. The summed E-state index contributed by atoms with van der Waals surface area (Å²) in [6.07, 6.45) is -5.34. The van der Waals surface area contributed by atoms with Crippen molar-refractivity contribution >= 4 is 16.9 Å². The van der Waals surface area contributed by atoms with Crippen LogP contribution in [-0.4, -0.2) is 66.2 Å². The maximum atomic E-state index is 13.0. The van der Waals surface area contributed by atoms with Gasteiger partial charge in [-0.3, -0.25) is 4.79 Å². The Labute approximate surface area is 273 Å². The molecule has 0 fully saturated rings. The lowest BCUT2D eigenvalue weighted by molar-refractivity contribution is -0.274. The average Bonchev–Trinajstić information content (AvgIpc) is 3.37. The van der Waals surface area contributed by atoms with E-state index in [0.29, 0.717) is 36.0 Å². The number of carbonyl (C=O) groups excluding carboxylic acids is 1. The van der Waals surface area contributed by atoms with Crippen LogP contribution in [0.1, 0.15) is 66.7 Å². The van der Waals surface area contributed by atoms with Crippen molar-refractivity contribution in [3.05, 3.63) is 42.5 Å². The largest absolute Gasteiger partial charge is 0.573 e. The molecule has 0 saturated carbocycles. The fourth-order valence-corrected chi connectivity index (χ4v) is 5.23. The number of benzene rings is 2. The van der Waals surface area contributed by atoms with Gasteiger partial charge in [0, 0.05) is 28.6 Å². The molecule has 1 heterocycles. The second-order valence-electron chi connectivity index (χ2n) is 13.3. The monoisotopic (exact) mass is 668 g/mol. The van der Waals surface area contributed by atoms with Gasteiger partial charge in [0.2, 0.25) is 0 Å². The second kappa shape index (κ2) is 15.1. The molecule has 3 aromatic rings. The lowest BCUT2D eigenvalue weighted by atomic mass is 9.67. The molecule has 0 spiro atoms. The smallest absolute Gasteiger partial charge is 0.497 e. The van der Waals surface area contributed by atoms with Crippen LogP contribution >= 0.6 is 0 Å². The zero-order chi connectivity index (χ0) is 35.2. The van der Waals surface area contributed by atoms with Gasteiger partial charge in [-0.2, -0.15) is 0 Å². The van der Waals surface area contributed by atoms with Crippen molar-refractivity contribution in [1.29, 1.82) is 0 Å². The van der Waals surface area contributed by atoms with E-state index >= 15 is 0 Å². The third-order valence-corrected chi connectivity index (χ3v) is 8.09. The number of aliphatic hydroxyl groups is 2. The SMILES string of the molecule is COc1ccc(-c2cc3ccc(OCCCC(O)C(O)CCCOC(=O)C(C)(CC(C)(C)N)C(C)(C)N)cc3o2)c(OC(F)(F)F)c1. The first kappa shape index (κ1) is 37.9. The molecule has 6 N–H and O–H groups in total. The first-order valence-electron chi connectivity index (χ1n) is 15.4. The standard InChI is InChI=1S/C34H47F3N2O8/c1-31(2,38)20-33(5,32(3,4)39)30(42)45-16-8-10-26(41)25(40)9-7-15-44-23-12-11-21-17-28(46-27(21)19-23)24-14-13-22(43-6)18-29(24)47-34(35,36)37/h11-14,17-19,25-26,40-41H,7-10,15-16,20,38-39H2,1-6H3. The van der Waals surface area contributed by atoms with Crippen LogP contribution < -0.4 is 25.7 Å². The normalized spacial score (nSPS) is 15.2. The minimum absolute atomic E-state index is 0.0640. The Morgan fingerprint density at radius 1 is 0.894 bits per heavy atom. The highest BCUT2D eigenvalue weighted by molar-refractivity contribution is 5.85. The topological polar surface area (TPSA) is 160 Å². The maximum Gasteiger partial charge on any atom is 0.573 e. The lowest BCUT2D eigenvalue weighted by Gasteiger charge is -2.42. The summed E-state index contributed by atoms with van der Waals surface area (Å²) in [5.74, 6) is -0.0916. The molecule has 0 aliphatic rings. The van der Waals surface area contributed by atoms with Gasteiger partial charge < -0.3 is 45.0 Å². The van der Waals surface area contributed by atoms with E-state index in [2.05, 4.69) is 4.74 Å². The molecule has 2 aromatic carbocycles. The first-order valence-corrected chi connectivity index (χ1v) is 15.4. The molecule has 0 saturated heterocycles. The molecule has 3 rings (SSSR count). The van der Waals surface area contributed by atoms with Gasteiger partial charge in [-0.15, -0.1) is 13.2 Å². The summed E-state index contributed by atoms with van der Waals surface area (Å²) in [5.41, 5.74) is 10.4. The molecule has 0 bridgehead atoms. The van der Waals surface area contributed by atoms with E-state index in [1.165, 1.54) is 19.2 Å². The number of ether oxygens (including phenoxy) is 4. The van der Waals surface area contributed by atoms with Gasteiger partial charge in [-0.25, -0.2) is 0 Å². The number of furan rings is 1. The Kier molecular flexibility index (Phi) is 12.2. The number of methoxy groups -OCH3 is 1. The number of halogens is 3. The molecule has 0 aliphatic heterocycles. The highest BCUT2D eigenvalue weighted by Gasteiger charge is 2.48. The van der Waals surface area contributed by atoms with E-state index in [0.717, 1.165) is 6.07 Å². The number of fused-ring (bicyclic) bond motifs is 1. The number of aliphatic hydroxyl groups excluding tert-OH is 2. The van der Waals surface area contributed by atoms with Crippen LogP contribution in [0.3, 0.4) is 0 Å². The van der Waals surface area contributed by atoms with Crippen molar-refractivity contribution in [2.24, 2.45) is 16.9 Å². The van der Waals surface area contributed by atoms with Crippen LogP contribution in [-0.2, 0) is 9.53 Å². The van der Waals surface area contributed by atoms with Crippen molar-refractivity contribution < 1.29 is 51.5 Å². The van der Waals surface area contributed by atoms with Crippen LogP contribution in [0.25, 0.3) is 22.3 Å². The van der Waals surface area contributed by atoms with E-state index in [1.54, 1.807) is 45.0 Å². The fraction of sp³-hybridized carbons (Fsp3) is 0.559. The van der Waals surface area contributed by atoms with Gasteiger partial charge in [0.05, 0.1) is 43.5 Å². The molecular formula is C34H47F3N2O8. The van der Waals surface area contributed by atoms with Crippen LogP contribution in [0.4, 0.5) is 13.2 Å². The fourth-order valence-electron chi connectivity index (χ4n) is 5.23. The minimum Gasteiger partial charge on any atom is -0.497 e. The van der Waals surface area contributed by atoms with Gasteiger partial charge in [0.1, 0.15) is 28.6 Å². The molecule has 10 nitrogen and oxygen atoms in total. The molecule has 1 aromatic heterocycles. The van der Waals surface area contributed by atoms with Crippen LogP contribution in [0, 0.1) is 5.41 Å². The van der Waals surface area contributed by atoms with E-state index in [-0.39, 0.29) is 43.1 Å². The molecule has 0 radical (unpaired) electrons. The molecule has 0 aliphatic carbocycles. The highest BCUT2D eigenvalue weighted by Crippen LogP contribution is 2.40. The quantitative estimate of drug-likeness (QED) is 0.0981. The molecule has 47 heavy (non-hydrogen) atoms. The van der Waals surface area contributed by atoms with Crippen molar-refractivity contribution in [1.82, 2.24) is 0 Å². The van der Waals surface area contributed by atoms with Gasteiger partial charge >= 0.3 is 12.3 Å². The number of rotatable bonds is 17. The Morgan fingerprint density at radius 2 is 1.51 bits per heavy atom. The predicted octanol–water partition coefficient (Wildman–Crippen LogP) is 6.08. The summed E-state index contributed by atoms with van der Waals surface area (Å²) in [6.45, 7) is 9.19. The summed E-state index contributed by atoms with van der Waals surface area (Å²) in [7, 11) is 1.34. The Bertz CT molecular complexity index is 1480. The molecule has 3 unspecified atom stereocenters. The number of carbonyl (C=O) groups is 1. The number of hydrogen-bond acceptors (Lipinski definition) is 10. The number of hydrogen-bond donors (Lipinski definition) is 4. The predicted molar refractivity (Wildman–Crippen MR) is 171 cm³/mol. The van der Waals surface area contributed by atoms with Gasteiger partial charge in [-0.1, -0.05) is 0 Å². The average molecular weight is 669 g/mol. The summed E-state index contributed by atoms with van der Waals surface area (Å²) in [4.78, 5) is 12.9. The number of nitrogens with two attached hydrogens (primary N) is 2. The van der Waals surface area contributed by atoms with Gasteiger partial charge in [-0.05, 0) is 97.1 Å². The van der Waals surface area contributed by atoms with E-state index < -0.39 is 46.8 Å².